The second-order valence-electron chi connectivity index (χ2n) is 5.53. The molecular weight excluding hydrogens is 336 g/mol. The number of nitrogens with two attached hydrogens (primary N) is 1. The van der Waals surface area contributed by atoms with Crippen LogP contribution in [-0.2, 0) is 19.1 Å². The Morgan fingerprint density at radius 3 is 2.60 bits per heavy atom. The largest absolute Gasteiger partial charge is 0.481 e. The van der Waals surface area contributed by atoms with Gasteiger partial charge in [0.25, 0.3) is 12.1 Å². The number of primary amides is 1. The maximum absolute atomic E-state index is 11.4. The number of hydrogen-bond donors (Lipinski definition) is 4. The van der Waals surface area contributed by atoms with Crippen molar-refractivity contribution < 1.29 is 43.7 Å². The number of amides is 1. The van der Waals surface area contributed by atoms with Gasteiger partial charge >= 0.3 is 11.9 Å². The first-order chi connectivity index (χ1) is 11.8. The number of carbonyl (C=O) groups is 3. The first kappa shape index (κ1) is 18.8. The lowest BCUT2D eigenvalue weighted by molar-refractivity contribution is -0.765. The van der Waals surface area contributed by atoms with Crippen LogP contribution < -0.4 is 10.3 Å². The number of ether oxygens (including phenoxy) is 2. The van der Waals surface area contributed by atoms with Gasteiger partial charge in [-0.25, -0.2) is 0 Å². The molecule has 0 bridgehead atoms. The van der Waals surface area contributed by atoms with Crippen LogP contribution in [0.1, 0.15) is 29.4 Å². The molecule has 1 aliphatic heterocycles. The highest BCUT2D eigenvalue weighted by Crippen LogP contribution is 2.25. The third-order valence-electron chi connectivity index (χ3n) is 3.69. The summed E-state index contributed by atoms with van der Waals surface area (Å²) in [6.45, 7) is -0.344. The number of nitrogens with zero attached hydrogens (tertiary/aromatic N) is 1. The van der Waals surface area contributed by atoms with E-state index in [-0.39, 0.29) is 25.0 Å². The fraction of sp³-hybridized carbons (Fsp3) is 0.467. The molecule has 1 aliphatic rings. The molecule has 10 heteroatoms. The Hall–Kier alpha value is -2.56. The van der Waals surface area contributed by atoms with Crippen molar-refractivity contribution in [3.05, 3.63) is 30.1 Å². The van der Waals surface area contributed by atoms with Crippen LogP contribution >= 0.6 is 0 Å². The normalized spacial score (nSPS) is 25.5. The summed E-state index contributed by atoms with van der Waals surface area (Å²) in [4.78, 5) is 33.0. The lowest BCUT2D eigenvalue weighted by Crippen LogP contribution is -2.46. The molecule has 0 unspecified atom stereocenters. The molecule has 4 atom stereocenters. The van der Waals surface area contributed by atoms with Gasteiger partial charge in [0.05, 0.1) is 12.8 Å². The fourth-order valence-corrected chi connectivity index (χ4v) is 2.37. The van der Waals surface area contributed by atoms with Crippen molar-refractivity contribution >= 4 is 17.8 Å². The molecule has 0 spiro atoms. The molecule has 1 saturated heterocycles. The maximum Gasteiger partial charge on any atom is 0.306 e. The van der Waals surface area contributed by atoms with Gasteiger partial charge < -0.3 is 30.5 Å². The number of aliphatic hydroxyl groups excluding tert-OH is 2. The third kappa shape index (κ3) is 4.72. The average Bonchev–Trinajstić information content (AvgIpc) is 2.86. The van der Waals surface area contributed by atoms with Crippen molar-refractivity contribution in [2.75, 3.05) is 6.61 Å². The molecule has 1 aromatic rings. The molecule has 1 amide bonds. The predicted molar refractivity (Wildman–Crippen MR) is 78.9 cm³/mol. The smallest absolute Gasteiger partial charge is 0.306 e. The minimum absolute atomic E-state index is 0.191. The average molecular weight is 355 g/mol. The van der Waals surface area contributed by atoms with E-state index in [1.807, 2.05) is 0 Å². The first-order valence-electron chi connectivity index (χ1n) is 7.49. The van der Waals surface area contributed by atoms with E-state index < -0.39 is 42.4 Å². The summed E-state index contributed by atoms with van der Waals surface area (Å²) in [5.74, 6) is -2.54. The van der Waals surface area contributed by atoms with Crippen molar-refractivity contribution in [2.24, 2.45) is 5.73 Å². The molecule has 0 aromatic carbocycles. The minimum Gasteiger partial charge on any atom is -0.481 e. The SMILES string of the molecule is NC(=O)c1ccc[n+]([C@@H]2O[C@@H](COC(=O)CCC(=O)O)[C@@H](O)[C@H]2O)c1. The Morgan fingerprint density at radius 2 is 1.96 bits per heavy atom. The number of pyridine rings is 1. The highest BCUT2D eigenvalue weighted by atomic mass is 16.6. The zero-order valence-corrected chi connectivity index (χ0v) is 13.1. The van der Waals surface area contributed by atoms with Gasteiger partial charge in [-0.15, -0.1) is 0 Å². The number of esters is 1. The monoisotopic (exact) mass is 355 g/mol. The zero-order chi connectivity index (χ0) is 18.6. The van der Waals surface area contributed by atoms with E-state index in [0.29, 0.717) is 0 Å². The minimum atomic E-state index is -1.33. The molecule has 25 heavy (non-hydrogen) atoms. The maximum atomic E-state index is 11.4. The number of hydrogen-bond acceptors (Lipinski definition) is 7. The summed E-state index contributed by atoms with van der Waals surface area (Å²) < 4.78 is 11.7. The molecule has 10 nitrogen and oxygen atoms in total. The summed E-state index contributed by atoms with van der Waals surface area (Å²) in [5, 5.41) is 28.7. The van der Waals surface area contributed by atoms with Gasteiger partial charge in [0.15, 0.2) is 18.5 Å². The van der Waals surface area contributed by atoms with Crippen LogP contribution in [0.5, 0.6) is 0 Å². The van der Waals surface area contributed by atoms with Crippen molar-refractivity contribution in [1.29, 1.82) is 0 Å². The lowest BCUT2D eigenvalue weighted by Gasteiger charge is -2.13. The van der Waals surface area contributed by atoms with Gasteiger partial charge in [0.2, 0.25) is 0 Å². The van der Waals surface area contributed by atoms with E-state index in [4.69, 9.17) is 20.3 Å². The van der Waals surface area contributed by atoms with Gasteiger partial charge in [-0.3, -0.25) is 14.4 Å². The number of rotatable bonds is 7. The number of carboxylic acids is 1. The Bertz CT molecular complexity index is 665. The van der Waals surface area contributed by atoms with Crippen LogP contribution in [0, 0.1) is 0 Å². The standard InChI is InChI=1S/C15H18N2O8/c16-14(23)8-2-1-5-17(6-8)15-13(22)12(21)9(25-15)7-24-11(20)4-3-10(18)19/h1-2,5-6,9,12-13,15,21-22H,3-4,7H2,(H2-,16,18,19,23)/p+1/t9-,12+,13+,15+/m0/s1. The number of aliphatic hydroxyl groups is 2. The Balaban J connectivity index is 1.98. The summed E-state index contributed by atoms with van der Waals surface area (Å²) in [6, 6.07) is 3.01. The van der Waals surface area contributed by atoms with E-state index in [9.17, 15) is 24.6 Å². The van der Waals surface area contributed by atoms with Crippen LogP contribution in [0.25, 0.3) is 0 Å². The molecule has 136 valence electrons. The summed E-state index contributed by atoms with van der Waals surface area (Å²) in [6.07, 6.45) is -2.44. The number of aromatic nitrogens is 1. The molecular formula is C15H19N2O8+. The van der Waals surface area contributed by atoms with Gasteiger partial charge in [0, 0.05) is 6.07 Å². The van der Waals surface area contributed by atoms with E-state index in [0.717, 1.165) is 0 Å². The highest BCUT2D eigenvalue weighted by molar-refractivity contribution is 5.92. The van der Waals surface area contributed by atoms with E-state index in [1.54, 1.807) is 0 Å². The lowest BCUT2D eigenvalue weighted by atomic mass is 10.1. The van der Waals surface area contributed by atoms with Crippen molar-refractivity contribution in [3.63, 3.8) is 0 Å². The molecule has 0 aliphatic carbocycles. The van der Waals surface area contributed by atoms with Gasteiger partial charge in [-0.1, -0.05) is 0 Å². The summed E-state index contributed by atoms with van der Waals surface area (Å²) >= 11 is 0. The second kappa shape index (κ2) is 8.01. The molecule has 0 radical (unpaired) electrons. The molecule has 2 heterocycles. The third-order valence-corrected chi connectivity index (χ3v) is 3.69. The Labute approximate surface area is 142 Å². The van der Waals surface area contributed by atoms with E-state index in [2.05, 4.69) is 0 Å². The fourth-order valence-electron chi connectivity index (χ4n) is 2.37. The molecule has 5 N–H and O–H groups in total. The summed E-state index contributed by atoms with van der Waals surface area (Å²) in [5.41, 5.74) is 5.39. The number of carboxylic acid groups (broad SMARTS) is 1. The second-order valence-corrected chi connectivity index (χ2v) is 5.53. The van der Waals surface area contributed by atoms with Gasteiger partial charge in [0.1, 0.15) is 24.4 Å². The van der Waals surface area contributed by atoms with Crippen molar-refractivity contribution in [3.8, 4) is 0 Å². The molecule has 1 aromatic heterocycles. The topological polar surface area (TPSA) is 160 Å². The Kier molecular flexibility index (Phi) is 6.02. The van der Waals surface area contributed by atoms with Crippen LogP contribution in [0.4, 0.5) is 0 Å². The highest BCUT2D eigenvalue weighted by Gasteiger charge is 2.48. The van der Waals surface area contributed by atoms with Crippen LogP contribution in [0.2, 0.25) is 0 Å². The van der Waals surface area contributed by atoms with E-state index >= 15 is 0 Å². The predicted octanol–water partition coefficient (Wildman–Crippen LogP) is -1.90. The van der Waals surface area contributed by atoms with E-state index in [1.165, 1.54) is 29.1 Å². The number of aliphatic carboxylic acids is 1. The molecule has 1 fully saturated rings. The van der Waals surface area contributed by atoms with Crippen molar-refractivity contribution in [1.82, 2.24) is 0 Å². The molecule has 0 saturated carbocycles. The van der Waals surface area contributed by atoms with Gasteiger partial charge in [-0.05, 0) is 6.07 Å². The van der Waals surface area contributed by atoms with Crippen LogP contribution in [0.3, 0.4) is 0 Å². The van der Waals surface area contributed by atoms with Crippen LogP contribution in [0.15, 0.2) is 24.5 Å². The first-order valence-corrected chi connectivity index (χ1v) is 7.49. The quantitative estimate of drug-likeness (QED) is 0.326. The van der Waals surface area contributed by atoms with Crippen molar-refractivity contribution in [2.45, 2.75) is 37.4 Å². The summed E-state index contributed by atoms with van der Waals surface area (Å²) in [7, 11) is 0. The Morgan fingerprint density at radius 1 is 1.24 bits per heavy atom. The zero-order valence-electron chi connectivity index (χ0n) is 13.1. The van der Waals surface area contributed by atoms with Gasteiger partial charge in [-0.2, -0.15) is 4.57 Å². The molecule has 2 rings (SSSR count). The van der Waals surface area contributed by atoms with Crippen LogP contribution in [-0.4, -0.2) is 58.1 Å². The number of carbonyl (C=O) groups excluding carboxylic acids is 2.